The highest BCUT2D eigenvalue weighted by Crippen LogP contribution is 2.19. The SMILES string of the molecule is CCCCCCCCCC/C=C\CCCCCCCCCCCCCCCCCCCCCC(=O)OCC(COC(=O)CCCCCCCCCCCCCCC)OC(=O)CCCCCCCCCCCCCCCCCCCCC. The lowest BCUT2D eigenvalue weighted by atomic mass is 10.0. The Bertz CT molecular complexity index is 1260. The van der Waals surface area contributed by atoms with E-state index >= 15 is 0 Å². The lowest BCUT2D eigenvalue weighted by Crippen LogP contribution is -2.30. The van der Waals surface area contributed by atoms with E-state index in [9.17, 15) is 14.4 Å². The zero-order valence-electron chi connectivity index (χ0n) is 55.4. The molecule has 0 aromatic heterocycles. The highest BCUT2D eigenvalue weighted by atomic mass is 16.6. The van der Waals surface area contributed by atoms with Gasteiger partial charge in [-0.05, 0) is 44.9 Å². The summed E-state index contributed by atoms with van der Waals surface area (Å²) in [7, 11) is 0. The van der Waals surface area contributed by atoms with Gasteiger partial charge in [-0.3, -0.25) is 14.4 Å². The van der Waals surface area contributed by atoms with Crippen LogP contribution in [0.2, 0.25) is 0 Å². The first-order valence-electron chi connectivity index (χ1n) is 37.2. The van der Waals surface area contributed by atoms with Crippen LogP contribution in [0, 0.1) is 0 Å². The minimum atomic E-state index is -0.765. The fraction of sp³-hybridized carbons (Fsp3) is 0.933. The Kier molecular flexibility index (Phi) is 69.0. The lowest BCUT2D eigenvalue weighted by Gasteiger charge is -2.18. The summed E-state index contributed by atoms with van der Waals surface area (Å²) >= 11 is 0. The first-order valence-corrected chi connectivity index (χ1v) is 37.2. The third-order valence-electron chi connectivity index (χ3n) is 17.3. The predicted molar refractivity (Wildman–Crippen MR) is 353 cm³/mol. The second kappa shape index (κ2) is 70.6. The Morgan fingerprint density at radius 2 is 0.407 bits per heavy atom. The van der Waals surface area contributed by atoms with Crippen molar-refractivity contribution in [2.75, 3.05) is 13.2 Å². The van der Waals surface area contributed by atoms with Gasteiger partial charge in [-0.1, -0.05) is 380 Å². The maximum atomic E-state index is 12.9. The average molecular weight is 1140 g/mol. The van der Waals surface area contributed by atoms with Crippen LogP contribution in [-0.4, -0.2) is 37.2 Å². The van der Waals surface area contributed by atoms with Gasteiger partial charge in [0.15, 0.2) is 6.10 Å². The van der Waals surface area contributed by atoms with E-state index in [1.165, 1.54) is 334 Å². The van der Waals surface area contributed by atoms with Crippen LogP contribution in [0.3, 0.4) is 0 Å². The molecule has 6 nitrogen and oxygen atoms in total. The minimum absolute atomic E-state index is 0.0617. The van der Waals surface area contributed by atoms with E-state index in [0.717, 1.165) is 57.8 Å². The van der Waals surface area contributed by atoms with Gasteiger partial charge < -0.3 is 14.2 Å². The molecule has 0 aliphatic rings. The van der Waals surface area contributed by atoms with Crippen molar-refractivity contribution in [3.63, 3.8) is 0 Å². The summed E-state index contributed by atoms with van der Waals surface area (Å²) in [6.45, 7) is 6.73. The first-order chi connectivity index (χ1) is 40.0. The summed E-state index contributed by atoms with van der Waals surface area (Å²) in [5.74, 6) is -0.823. The molecule has 0 heterocycles. The molecule has 6 heteroatoms. The molecule has 0 amide bonds. The summed E-state index contributed by atoms with van der Waals surface area (Å²) in [5, 5.41) is 0. The minimum Gasteiger partial charge on any atom is -0.462 e. The van der Waals surface area contributed by atoms with Gasteiger partial charge >= 0.3 is 17.9 Å². The molecule has 0 aromatic rings. The molecule has 0 aromatic carbocycles. The van der Waals surface area contributed by atoms with Crippen molar-refractivity contribution in [3.8, 4) is 0 Å². The summed E-state index contributed by atoms with van der Waals surface area (Å²) in [6, 6.07) is 0. The molecule has 0 spiro atoms. The van der Waals surface area contributed by atoms with Crippen LogP contribution in [0.4, 0.5) is 0 Å². The third kappa shape index (κ3) is 68.8. The van der Waals surface area contributed by atoms with Gasteiger partial charge in [-0.25, -0.2) is 0 Å². The van der Waals surface area contributed by atoms with Crippen molar-refractivity contribution in [3.05, 3.63) is 12.2 Å². The zero-order chi connectivity index (χ0) is 58.5. The van der Waals surface area contributed by atoms with E-state index < -0.39 is 6.10 Å². The molecule has 1 atom stereocenters. The monoisotopic (exact) mass is 1140 g/mol. The molecular formula is C75H144O6. The molecule has 0 rings (SSSR count). The third-order valence-corrected chi connectivity index (χ3v) is 17.3. The fourth-order valence-electron chi connectivity index (χ4n) is 11.7. The number of hydrogen-bond acceptors (Lipinski definition) is 6. The van der Waals surface area contributed by atoms with Crippen LogP contribution in [0.5, 0.6) is 0 Å². The van der Waals surface area contributed by atoms with Crippen molar-refractivity contribution in [1.82, 2.24) is 0 Å². The van der Waals surface area contributed by atoms with Crippen LogP contribution in [0.1, 0.15) is 432 Å². The van der Waals surface area contributed by atoms with Crippen molar-refractivity contribution >= 4 is 17.9 Å². The van der Waals surface area contributed by atoms with E-state index in [0.29, 0.717) is 19.3 Å². The number of carbonyl (C=O) groups excluding carboxylic acids is 3. The Balaban J connectivity index is 4.12. The van der Waals surface area contributed by atoms with Gasteiger partial charge in [0, 0.05) is 19.3 Å². The zero-order valence-corrected chi connectivity index (χ0v) is 55.4. The second-order valence-corrected chi connectivity index (χ2v) is 25.6. The van der Waals surface area contributed by atoms with E-state index in [1.807, 2.05) is 0 Å². The molecule has 81 heavy (non-hydrogen) atoms. The van der Waals surface area contributed by atoms with Crippen LogP contribution in [-0.2, 0) is 28.6 Å². The van der Waals surface area contributed by atoms with Gasteiger partial charge in [0.25, 0.3) is 0 Å². The van der Waals surface area contributed by atoms with E-state index in [4.69, 9.17) is 14.2 Å². The number of allylic oxidation sites excluding steroid dienone is 2. The lowest BCUT2D eigenvalue weighted by molar-refractivity contribution is -0.167. The molecule has 0 saturated carbocycles. The number of esters is 3. The van der Waals surface area contributed by atoms with E-state index in [2.05, 4.69) is 32.9 Å². The summed E-state index contributed by atoms with van der Waals surface area (Å²) in [6.07, 6.45) is 85.5. The van der Waals surface area contributed by atoms with Crippen LogP contribution >= 0.6 is 0 Å². The summed E-state index contributed by atoms with van der Waals surface area (Å²) in [4.78, 5) is 38.4. The molecule has 0 fully saturated rings. The van der Waals surface area contributed by atoms with Gasteiger partial charge in [-0.15, -0.1) is 0 Å². The number of ether oxygens (including phenoxy) is 3. The van der Waals surface area contributed by atoms with Crippen molar-refractivity contribution < 1.29 is 28.6 Å². The number of carbonyl (C=O) groups is 3. The maximum absolute atomic E-state index is 12.9. The highest BCUT2D eigenvalue weighted by Gasteiger charge is 2.20. The van der Waals surface area contributed by atoms with Gasteiger partial charge in [0.05, 0.1) is 0 Å². The molecule has 0 bridgehead atoms. The van der Waals surface area contributed by atoms with Crippen molar-refractivity contribution in [2.24, 2.45) is 0 Å². The van der Waals surface area contributed by atoms with E-state index in [-0.39, 0.29) is 31.1 Å². The summed E-state index contributed by atoms with van der Waals surface area (Å²) in [5.41, 5.74) is 0. The number of rotatable bonds is 70. The summed E-state index contributed by atoms with van der Waals surface area (Å²) < 4.78 is 17.0. The molecular weight excluding hydrogens is 997 g/mol. The largest absolute Gasteiger partial charge is 0.462 e. The molecule has 0 aliphatic heterocycles. The molecule has 0 aliphatic carbocycles. The molecule has 480 valence electrons. The second-order valence-electron chi connectivity index (χ2n) is 25.6. The Morgan fingerprint density at radius 3 is 0.617 bits per heavy atom. The Labute approximate surface area is 507 Å². The molecule has 0 saturated heterocycles. The molecule has 0 N–H and O–H groups in total. The predicted octanol–water partition coefficient (Wildman–Crippen LogP) is 25.6. The number of unbranched alkanes of at least 4 members (excludes halogenated alkanes) is 57. The van der Waals surface area contributed by atoms with Crippen molar-refractivity contribution in [1.29, 1.82) is 0 Å². The van der Waals surface area contributed by atoms with E-state index in [1.54, 1.807) is 0 Å². The Hall–Kier alpha value is -1.85. The molecule has 1 unspecified atom stereocenters. The van der Waals surface area contributed by atoms with Crippen LogP contribution in [0.25, 0.3) is 0 Å². The van der Waals surface area contributed by atoms with Crippen LogP contribution < -0.4 is 0 Å². The fourth-order valence-corrected chi connectivity index (χ4v) is 11.7. The highest BCUT2D eigenvalue weighted by molar-refractivity contribution is 5.71. The molecule has 0 radical (unpaired) electrons. The van der Waals surface area contributed by atoms with Gasteiger partial charge in [0.2, 0.25) is 0 Å². The topological polar surface area (TPSA) is 78.9 Å². The van der Waals surface area contributed by atoms with Crippen LogP contribution in [0.15, 0.2) is 12.2 Å². The smallest absolute Gasteiger partial charge is 0.306 e. The quantitative estimate of drug-likeness (QED) is 0.0261. The van der Waals surface area contributed by atoms with Gasteiger partial charge in [-0.2, -0.15) is 0 Å². The maximum Gasteiger partial charge on any atom is 0.306 e. The average Bonchev–Trinajstić information content (AvgIpc) is 3.46. The number of hydrogen-bond donors (Lipinski definition) is 0. The standard InChI is InChI=1S/C75H144O6/c1-4-7-10-13-16-19-22-25-27-29-31-32-33-34-35-36-37-38-39-40-41-42-44-45-47-50-53-56-59-62-65-68-74(77)80-71-72(70-79-73(76)67-64-61-58-55-52-49-24-21-18-15-12-9-6-3)81-75(78)69-66-63-60-57-54-51-48-46-43-30-28-26-23-20-17-14-11-8-5-2/h29,31,72H,4-28,30,32-71H2,1-3H3/b31-29-. The van der Waals surface area contributed by atoms with Gasteiger partial charge in [0.1, 0.15) is 13.2 Å². The van der Waals surface area contributed by atoms with Crippen molar-refractivity contribution in [2.45, 2.75) is 438 Å². The first kappa shape index (κ1) is 79.2. The normalized spacial score (nSPS) is 12.0. The Morgan fingerprint density at radius 1 is 0.235 bits per heavy atom.